The van der Waals surface area contributed by atoms with Gasteiger partial charge in [-0.15, -0.1) is 0 Å². The van der Waals surface area contributed by atoms with Crippen LogP contribution in [0.25, 0.3) is 0 Å². The summed E-state index contributed by atoms with van der Waals surface area (Å²) in [4.78, 5) is 24.8. The number of fused-ring (bicyclic) bond motifs is 1. The predicted molar refractivity (Wildman–Crippen MR) is 112 cm³/mol. The number of aliphatic hydroxyl groups excluding tert-OH is 1. The van der Waals surface area contributed by atoms with Crippen molar-refractivity contribution >= 4 is 11.8 Å². The predicted octanol–water partition coefficient (Wildman–Crippen LogP) is 1.68. The van der Waals surface area contributed by atoms with Crippen LogP contribution in [0.4, 0.5) is 4.39 Å². The number of hydrogen-bond acceptors (Lipinski definition) is 6. The van der Waals surface area contributed by atoms with Gasteiger partial charge >= 0.3 is 0 Å². The van der Waals surface area contributed by atoms with Gasteiger partial charge in [0.1, 0.15) is 11.9 Å². The molecule has 0 saturated carbocycles. The lowest BCUT2D eigenvalue weighted by Crippen LogP contribution is -2.49. The zero-order chi connectivity index (χ0) is 22.5. The molecule has 0 fully saturated rings. The number of amides is 2. The van der Waals surface area contributed by atoms with E-state index in [-0.39, 0.29) is 44.0 Å². The number of ether oxygens (including phenoxy) is 3. The van der Waals surface area contributed by atoms with Crippen molar-refractivity contribution in [1.82, 2.24) is 10.6 Å². The van der Waals surface area contributed by atoms with Gasteiger partial charge in [-0.05, 0) is 35.9 Å². The number of nitrogens with one attached hydrogen (secondary N) is 2. The minimum atomic E-state index is -0.701. The second-order valence-corrected chi connectivity index (χ2v) is 7.46. The van der Waals surface area contributed by atoms with Crippen molar-refractivity contribution in [2.75, 3.05) is 13.4 Å². The van der Waals surface area contributed by atoms with Crippen molar-refractivity contribution in [2.45, 2.75) is 31.2 Å². The van der Waals surface area contributed by atoms with Crippen molar-refractivity contribution < 1.29 is 33.3 Å². The lowest BCUT2D eigenvalue weighted by Gasteiger charge is -2.31. The molecule has 8 nitrogen and oxygen atoms in total. The first kappa shape index (κ1) is 21.8. The number of hydrogen-bond donors (Lipinski definition) is 3. The van der Waals surface area contributed by atoms with Gasteiger partial charge in [-0.1, -0.05) is 24.3 Å². The summed E-state index contributed by atoms with van der Waals surface area (Å²) in [5.41, 5.74) is 1.17. The molecule has 0 aromatic heterocycles. The van der Waals surface area contributed by atoms with Crippen LogP contribution in [-0.2, 0) is 16.1 Å². The zero-order valence-electron chi connectivity index (χ0n) is 17.1. The molecule has 3 atom stereocenters. The number of rotatable bonds is 7. The first-order chi connectivity index (χ1) is 15.5. The third-order valence-corrected chi connectivity index (χ3v) is 5.19. The zero-order valence-corrected chi connectivity index (χ0v) is 17.1. The van der Waals surface area contributed by atoms with E-state index in [9.17, 15) is 19.1 Å². The Labute approximate surface area is 184 Å². The highest BCUT2D eigenvalue weighted by atomic mass is 19.1. The molecule has 0 aliphatic carbocycles. The highest BCUT2D eigenvalue weighted by molar-refractivity contribution is 5.95. The molecule has 3 N–H and O–H groups in total. The van der Waals surface area contributed by atoms with Crippen LogP contribution in [0.2, 0.25) is 0 Å². The highest BCUT2D eigenvalue weighted by Crippen LogP contribution is 2.32. The Morgan fingerprint density at radius 2 is 1.84 bits per heavy atom. The molecule has 4 rings (SSSR count). The Morgan fingerprint density at radius 1 is 1.06 bits per heavy atom. The van der Waals surface area contributed by atoms with Gasteiger partial charge in [-0.3, -0.25) is 9.59 Å². The fourth-order valence-electron chi connectivity index (χ4n) is 3.47. The largest absolute Gasteiger partial charge is 0.454 e. The number of benzene rings is 2. The summed E-state index contributed by atoms with van der Waals surface area (Å²) in [5.74, 6) is 0.143. The average Bonchev–Trinajstić information content (AvgIpc) is 3.27. The summed E-state index contributed by atoms with van der Waals surface area (Å²) in [6, 6.07) is 10.2. The van der Waals surface area contributed by atoms with Crippen molar-refractivity contribution in [1.29, 1.82) is 0 Å². The molecule has 9 heteroatoms. The first-order valence-corrected chi connectivity index (χ1v) is 10.2. The topological polar surface area (TPSA) is 106 Å². The van der Waals surface area contributed by atoms with E-state index in [4.69, 9.17) is 14.2 Å². The van der Waals surface area contributed by atoms with E-state index in [2.05, 4.69) is 10.6 Å². The first-order valence-electron chi connectivity index (χ1n) is 10.2. The normalized spacial score (nSPS) is 21.2. The Balaban J connectivity index is 1.30. The van der Waals surface area contributed by atoms with Crippen molar-refractivity contribution in [2.24, 2.45) is 0 Å². The molecule has 0 radical (unpaired) electrons. The summed E-state index contributed by atoms with van der Waals surface area (Å²) in [5, 5.41) is 15.3. The molecule has 168 valence electrons. The van der Waals surface area contributed by atoms with Gasteiger partial charge in [0, 0.05) is 12.1 Å². The van der Waals surface area contributed by atoms with Crippen LogP contribution in [0.5, 0.6) is 11.5 Å². The van der Waals surface area contributed by atoms with Crippen molar-refractivity contribution in [3.05, 3.63) is 71.6 Å². The Bertz CT molecular complexity index is 1010. The van der Waals surface area contributed by atoms with Gasteiger partial charge in [0.25, 0.3) is 5.91 Å². The summed E-state index contributed by atoms with van der Waals surface area (Å²) >= 11 is 0. The van der Waals surface area contributed by atoms with Crippen molar-refractivity contribution in [3.8, 4) is 11.5 Å². The van der Waals surface area contributed by atoms with Crippen LogP contribution in [0.15, 0.2) is 54.6 Å². The van der Waals surface area contributed by atoms with E-state index >= 15 is 0 Å². The summed E-state index contributed by atoms with van der Waals surface area (Å²) in [7, 11) is 0. The molecule has 0 saturated heterocycles. The smallest absolute Gasteiger partial charge is 0.251 e. The van der Waals surface area contributed by atoms with Gasteiger partial charge < -0.3 is 30.0 Å². The second kappa shape index (κ2) is 9.80. The van der Waals surface area contributed by atoms with Crippen LogP contribution in [0.3, 0.4) is 0 Å². The summed E-state index contributed by atoms with van der Waals surface area (Å²) < 4.78 is 29.3. The Kier molecular flexibility index (Phi) is 6.67. The minimum absolute atomic E-state index is 0.0526. The average molecular weight is 442 g/mol. The van der Waals surface area contributed by atoms with Gasteiger partial charge in [-0.25, -0.2) is 4.39 Å². The molecule has 0 spiro atoms. The van der Waals surface area contributed by atoms with E-state index < -0.39 is 18.2 Å². The number of carbonyl (C=O) groups is 2. The van der Waals surface area contributed by atoms with Crippen LogP contribution in [-0.4, -0.2) is 48.6 Å². The number of carbonyl (C=O) groups excluding carboxylic acids is 2. The molecule has 2 amide bonds. The fraction of sp³-hybridized carbons (Fsp3) is 0.304. The summed E-state index contributed by atoms with van der Waals surface area (Å²) in [6.45, 7) is 0.0579. The van der Waals surface area contributed by atoms with E-state index in [0.717, 1.165) is 5.56 Å². The van der Waals surface area contributed by atoms with Crippen LogP contribution < -0.4 is 20.1 Å². The lowest BCUT2D eigenvalue weighted by molar-refractivity contribution is -0.125. The van der Waals surface area contributed by atoms with E-state index in [1.807, 2.05) is 0 Å². The Morgan fingerprint density at radius 3 is 2.62 bits per heavy atom. The fourth-order valence-corrected chi connectivity index (χ4v) is 3.47. The maximum Gasteiger partial charge on any atom is 0.251 e. The maximum absolute atomic E-state index is 13.0. The van der Waals surface area contributed by atoms with Crippen LogP contribution in [0.1, 0.15) is 22.3 Å². The molecular formula is C23H23FN2O6. The van der Waals surface area contributed by atoms with E-state index in [1.54, 1.807) is 42.5 Å². The van der Waals surface area contributed by atoms with Crippen LogP contribution >= 0.6 is 0 Å². The van der Waals surface area contributed by atoms with E-state index in [0.29, 0.717) is 17.1 Å². The second-order valence-electron chi connectivity index (χ2n) is 7.46. The Hall–Kier alpha value is -3.43. The maximum atomic E-state index is 13.0. The lowest BCUT2D eigenvalue weighted by atomic mass is 10.0. The molecule has 0 unspecified atom stereocenters. The highest BCUT2D eigenvalue weighted by Gasteiger charge is 2.29. The monoisotopic (exact) mass is 442 g/mol. The summed E-state index contributed by atoms with van der Waals surface area (Å²) in [6.07, 6.45) is 2.21. The molecular weight excluding hydrogens is 419 g/mol. The third kappa shape index (κ3) is 5.24. The minimum Gasteiger partial charge on any atom is -0.454 e. The number of halogens is 1. The standard InChI is InChI=1S/C23H23FN2O6/c24-16-4-1-14(2-5-16)11-25-22(28)10-17-6-7-18(21(12-27)32-17)26-23(29)15-3-8-19-20(9-15)31-13-30-19/h1-9,17-18,21,27H,10-13H2,(H,25,28)(H,26,29)/t17-,18-,21+/m1/s1. The van der Waals surface area contributed by atoms with Gasteiger partial charge in [0.15, 0.2) is 11.5 Å². The molecule has 2 aliphatic rings. The van der Waals surface area contributed by atoms with Gasteiger partial charge in [0.2, 0.25) is 12.7 Å². The number of aliphatic hydroxyl groups is 1. The van der Waals surface area contributed by atoms with Gasteiger partial charge in [-0.2, -0.15) is 0 Å². The quantitative estimate of drug-likeness (QED) is 0.564. The molecule has 2 aliphatic heterocycles. The van der Waals surface area contributed by atoms with Gasteiger partial charge in [0.05, 0.1) is 25.2 Å². The molecule has 2 heterocycles. The molecule has 2 aromatic rings. The molecule has 2 aromatic carbocycles. The van der Waals surface area contributed by atoms with Crippen molar-refractivity contribution in [3.63, 3.8) is 0 Å². The molecule has 0 bridgehead atoms. The third-order valence-electron chi connectivity index (χ3n) is 5.19. The molecule has 32 heavy (non-hydrogen) atoms. The SMILES string of the molecule is O=C(C[C@H]1C=C[C@@H](NC(=O)c2ccc3c(c2)OCO3)[C@H](CO)O1)NCc1ccc(F)cc1. The van der Waals surface area contributed by atoms with E-state index in [1.165, 1.54) is 12.1 Å². The van der Waals surface area contributed by atoms with Crippen LogP contribution in [0, 0.1) is 5.82 Å².